The van der Waals surface area contributed by atoms with Gasteiger partial charge in [-0.05, 0) is 56.8 Å². The Morgan fingerprint density at radius 3 is 2.83 bits per heavy atom. The molecule has 4 rings (SSSR count). The van der Waals surface area contributed by atoms with Crippen molar-refractivity contribution in [1.82, 2.24) is 10.2 Å². The Labute approximate surface area is 178 Å². The number of methoxy groups -OCH3 is 3. The van der Waals surface area contributed by atoms with E-state index in [1.165, 1.54) is 12.7 Å². The minimum atomic E-state index is -0.215. The molecule has 2 aliphatic carbocycles. The molecule has 0 spiro atoms. The highest BCUT2D eigenvalue weighted by atomic mass is 16.5. The number of ether oxygens (including phenoxy) is 3. The van der Waals surface area contributed by atoms with Crippen LogP contribution in [-0.2, 0) is 26.1 Å². The van der Waals surface area contributed by atoms with Gasteiger partial charge >= 0.3 is 5.97 Å². The number of piperidine rings is 1. The van der Waals surface area contributed by atoms with E-state index < -0.39 is 0 Å². The second kappa shape index (κ2) is 8.36. The van der Waals surface area contributed by atoms with E-state index in [1.807, 2.05) is 6.07 Å². The molecule has 1 aromatic rings. The molecule has 2 fully saturated rings. The van der Waals surface area contributed by atoms with Gasteiger partial charge in [0.1, 0.15) is 0 Å². The number of nitrogens with one attached hydrogen (secondary N) is 1. The smallest absolute Gasteiger partial charge is 0.306 e. The lowest BCUT2D eigenvalue weighted by Gasteiger charge is -2.61. The highest BCUT2D eigenvalue weighted by Gasteiger charge is 2.58. The van der Waals surface area contributed by atoms with E-state index >= 15 is 0 Å². The van der Waals surface area contributed by atoms with Crippen LogP contribution < -0.4 is 10.1 Å². The molecule has 1 aliphatic heterocycles. The van der Waals surface area contributed by atoms with E-state index in [0.29, 0.717) is 36.4 Å². The Kier molecular flexibility index (Phi) is 5.97. The van der Waals surface area contributed by atoms with Gasteiger partial charge < -0.3 is 29.5 Å². The number of likely N-dealkylation sites (tertiary alicyclic amines) is 1. The maximum absolute atomic E-state index is 11.6. The number of carbonyl (C=O) groups is 1. The van der Waals surface area contributed by atoms with Crippen LogP contribution in [-0.4, -0.2) is 75.6 Å². The van der Waals surface area contributed by atoms with Crippen molar-refractivity contribution >= 4 is 5.97 Å². The molecule has 1 saturated heterocycles. The van der Waals surface area contributed by atoms with E-state index in [0.717, 1.165) is 37.8 Å². The summed E-state index contributed by atoms with van der Waals surface area (Å²) in [6.07, 6.45) is 4.13. The molecule has 1 heterocycles. The summed E-state index contributed by atoms with van der Waals surface area (Å²) in [4.78, 5) is 14.0. The van der Waals surface area contributed by atoms with Gasteiger partial charge in [0.15, 0.2) is 11.5 Å². The summed E-state index contributed by atoms with van der Waals surface area (Å²) in [5.41, 5.74) is 2.18. The first-order valence-electron chi connectivity index (χ1n) is 10.9. The third kappa shape index (κ3) is 3.37. The van der Waals surface area contributed by atoms with Crippen LogP contribution in [0.5, 0.6) is 11.5 Å². The van der Waals surface area contributed by atoms with E-state index in [-0.39, 0.29) is 23.5 Å². The zero-order valence-electron chi connectivity index (χ0n) is 18.4. The number of fused-ring (bicyclic) bond motifs is 1. The van der Waals surface area contributed by atoms with Gasteiger partial charge in [0, 0.05) is 36.7 Å². The summed E-state index contributed by atoms with van der Waals surface area (Å²) in [7, 11) is 7.01. The number of benzene rings is 1. The Morgan fingerprint density at radius 2 is 2.13 bits per heavy atom. The number of carbonyl (C=O) groups excluding carboxylic acids is 1. The standard InChI is InChI=1S/C23H34N2O5/c1-25-10-8-23-13-16(24-9-7-20(26)30-4)19(29-3)12-15(23)17(25)11-14-5-6-18(28-2)22(27)21(14)23/h5-6,15-17,19,24,27H,7-13H2,1-4H3/t15-,16+,17+,19?,23-/m1/s1. The first-order chi connectivity index (χ1) is 14.4. The zero-order chi connectivity index (χ0) is 21.5. The molecule has 7 heteroatoms. The van der Waals surface area contributed by atoms with Crippen molar-refractivity contribution in [3.63, 3.8) is 0 Å². The van der Waals surface area contributed by atoms with Crippen molar-refractivity contribution in [3.8, 4) is 11.5 Å². The molecule has 0 radical (unpaired) electrons. The Hall–Kier alpha value is -1.83. The van der Waals surface area contributed by atoms with Crippen molar-refractivity contribution in [2.24, 2.45) is 5.92 Å². The van der Waals surface area contributed by atoms with Crippen molar-refractivity contribution in [2.45, 2.75) is 55.7 Å². The molecular formula is C23H34N2O5. The second-order valence-electron chi connectivity index (χ2n) is 9.02. The minimum Gasteiger partial charge on any atom is -0.504 e. The maximum Gasteiger partial charge on any atom is 0.306 e. The van der Waals surface area contributed by atoms with Crippen LogP contribution in [0.25, 0.3) is 0 Å². The normalized spacial score (nSPS) is 32.8. The van der Waals surface area contributed by atoms with Crippen LogP contribution in [0.1, 0.15) is 36.8 Å². The number of hydrogen-bond donors (Lipinski definition) is 2. The number of esters is 1. The van der Waals surface area contributed by atoms with Crippen molar-refractivity contribution in [3.05, 3.63) is 23.3 Å². The fraction of sp³-hybridized carbons (Fsp3) is 0.696. The average molecular weight is 419 g/mol. The molecular weight excluding hydrogens is 384 g/mol. The predicted octanol–water partition coefficient (Wildman–Crippen LogP) is 1.85. The molecule has 166 valence electrons. The fourth-order valence-corrected chi connectivity index (χ4v) is 6.34. The summed E-state index contributed by atoms with van der Waals surface area (Å²) >= 11 is 0. The molecule has 30 heavy (non-hydrogen) atoms. The molecule has 7 nitrogen and oxygen atoms in total. The molecule has 3 aliphatic rings. The highest BCUT2D eigenvalue weighted by Crippen LogP contribution is 2.59. The van der Waals surface area contributed by atoms with E-state index in [4.69, 9.17) is 14.2 Å². The Balaban J connectivity index is 1.71. The average Bonchev–Trinajstić information content (AvgIpc) is 2.75. The van der Waals surface area contributed by atoms with Gasteiger partial charge in [0.05, 0.1) is 26.7 Å². The maximum atomic E-state index is 11.6. The van der Waals surface area contributed by atoms with Crippen molar-refractivity contribution < 1.29 is 24.1 Å². The first kappa shape index (κ1) is 21.4. The van der Waals surface area contributed by atoms with Crippen LogP contribution in [0.2, 0.25) is 0 Å². The van der Waals surface area contributed by atoms with E-state index in [9.17, 15) is 9.90 Å². The SMILES string of the molecule is COC(=O)CCN[C@H]1C[C@@]23CCN(C)[C@@H](Cc4ccc(OC)c(O)c42)[C@H]3CC1OC. The van der Waals surface area contributed by atoms with Crippen LogP contribution >= 0.6 is 0 Å². The highest BCUT2D eigenvalue weighted by molar-refractivity contribution is 5.69. The van der Waals surface area contributed by atoms with Gasteiger partial charge in [-0.1, -0.05) is 6.07 Å². The number of aromatic hydroxyl groups is 1. The van der Waals surface area contributed by atoms with Crippen LogP contribution in [0.4, 0.5) is 0 Å². The van der Waals surface area contributed by atoms with Gasteiger partial charge in [-0.2, -0.15) is 0 Å². The lowest BCUT2D eigenvalue weighted by Crippen LogP contribution is -2.65. The lowest BCUT2D eigenvalue weighted by atomic mass is 9.51. The van der Waals surface area contributed by atoms with Gasteiger partial charge in [0.25, 0.3) is 0 Å². The van der Waals surface area contributed by atoms with E-state index in [1.54, 1.807) is 14.2 Å². The topological polar surface area (TPSA) is 80.3 Å². The number of rotatable bonds is 6. The number of phenols is 1. The van der Waals surface area contributed by atoms with Crippen molar-refractivity contribution in [2.75, 3.05) is 41.5 Å². The third-order valence-electron chi connectivity index (χ3n) is 7.81. The minimum absolute atomic E-state index is 0.0732. The molecule has 0 amide bonds. The van der Waals surface area contributed by atoms with E-state index in [2.05, 4.69) is 23.3 Å². The predicted molar refractivity (Wildman–Crippen MR) is 113 cm³/mol. The number of likely N-dealkylation sites (N-methyl/N-ethyl adjacent to an activating group) is 1. The molecule has 1 saturated carbocycles. The molecule has 0 aromatic heterocycles. The monoisotopic (exact) mass is 418 g/mol. The van der Waals surface area contributed by atoms with Crippen molar-refractivity contribution in [1.29, 1.82) is 0 Å². The summed E-state index contributed by atoms with van der Waals surface area (Å²) in [5, 5.41) is 14.7. The Morgan fingerprint density at radius 1 is 1.33 bits per heavy atom. The molecule has 1 unspecified atom stereocenters. The van der Waals surface area contributed by atoms with Crippen LogP contribution in [0.15, 0.2) is 12.1 Å². The summed E-state index contributed by atoms with van der Waals surface area (Å²) in [6.45, 7) is 1.56. The number of hydrogen-bond acceptors (Lipinski definition) is 7. The summed E-state index contributed by atoms with van der Waals surface area (Å²) in [6, 6.07) is 4.55. The van der Waals surface area contributed by atoms with Gasteiger partial charge in [-0.3, -0.25) is 4.79 Å². The molecule has 2 N–H and O–H groups in total. The summed E-state index contributed by atoms with van der Waals surface area (Å²) < 4.78 is 16.2. The fourth-order valence-electron chi connectivity index (χ4n) is 6.34. The second-order valence-corrected chi connectivity index (χ2v) is 9.02. The van der Waals surface area contributed by atoms with Crippen LogP contribution in [0, 0.1) is 5.92 Å². The van der Waals surface area contributed by atoms with Gasteiger partial charge in [-0.15, -0.1) is 0 Å². The van der Waals surface area contributed by atoms with Gasteiger partial charge in [-0.25, -0.2) is 0 Å². The molecule has 2 bridgehead atoms. The third-order valence-corrected chi connectivity index (χ3v) is 7.81. The van der Waals surface area contributed by atoms with Crippen LogP contribution in [0.3, 0.4) is 0 Å². The summed E-state index contributed by atoms with van der Waals surface area (Å²) in [5.74, 6) is 1.04. The largest absolute Gasteiger partial charge is 0.504 e. The zero-order valence-corrected chi connectivity index (χ0v) is 18.4. The number of phenolic OH excluding ortho intramolecular Hbond substituents is 1. The molecule has 1 aromatic carbocycles. The Bertz CT molecular complexity index is 800. The first-order valence-corrected chi connectivity index (χ1v) is 10.9. The van der Waals surface area contributed by atoms with Gasteiger partial charge in [0.2, 0.25) is 0 Å². The number of nitrogens with zero attached hydrogens (tertiary/aromatic N) is 1. The lowest BCUT2D eigenvalue weighted by molar-refractivity contribution is -0.140. The molecule has 5 atom stereocenters. The quantitative estimate of drug-likeness (QED) is 0.683.